The van der Waals surface area contributed by atoms with Crippen molar-refractivity contribution in [3.8, 4) is 0 Å². The lowest BCUT2D eigenvalue weighted by atomic mass is 10.1. The van der Waals surface area contributed by atoms with Crippen molar-refractivity contribution in [1.29, 1.82) is 0 Å². The standard InChI is InChI=1S/C15H19N5S/c16-14(17)18-8-4-7-12-9-19-15-20(12)13(10-21-15)11-5-2-1-3-6-11/h1-3,5-6,10,12H,4,7-9H2,(H4,16,17,18)/t12-/m1/s1. The van der Waals surface area contributed by atoms with Gasteiger partial charge in [-0.2, -0.15) is 0 Å². The van der Waals surface area contributed by atoms with Crippen molar-refractivity contribution in [3.63, 3.8) is 0 Å². The number of fused-ring (bicyclic) bond motifs is 1. The van der Waals surface area contributed by atoms with Gasteiger partial charge in [0.2, 0.25) is 0 Å². The number of nitrogens with zero attached hydrogens (tertiary/aromatic N) is 3. The Morgan fingerprint density at radius 3 is 2.90 bits per heavy atom. The lowest BCUT2D eigenvalue weighted by Crippen LogP contribution is -2.31. The largest absolute Gasteiger partial charge is 0.370 e. The second-order valence-electron chi connectivity index (χ2n) is 5.08. The van der Waals surface area contributed by atoms with Gasteiger partial charge in [0.05, 0.1) is 18.3 Å². The van der Waals surface area contributed by atoms with Crippen LogP contribution in [0, 0.1) is 0 Å². The van der Waals surface area contributed by atoms with E-state index < -0.39 is 0 Å². The van der Waals surface area contributed by atoms with E-state index in [0.717, 1.165) is 24.6 Å². The van der Waals surface area contributed by atoms with Crippen LogP contribution >= 0.6 is 11.8 Å². The van der Waals surface area contributed by atoms with E-state index in [1.54, 1.807) is 11.8 Å². The highest BCUT2D eigenvalue weighted by Crippen LogP contribution is 2.38. The fourth-order valence-electron chi connectivity index (χ4n) is 2.63. The molecule has 0 radical (unpaired) electrons. The van der Waals surface area contributed by atoms with E-state index in [4.69, 9.17) is 11.5 Å². The number of hydrogen-bond acceptors (Lipinski definition) is 4. The number of aliphatic imine (C=N–C) groups is 2. The van der Waals surface area contributed by atoms with Crippen molar-refractivity contribution in [2.45, 2.75) is 18.9 Å². The Labute approximate surface area is 128 Å². The number of benzene rings is 1. The Hall–Kier alpha value is -1.95. The van der Waals surface area contributed by atoms with Gasteiger partial charge < -0.3 is 16.4 Å². The van der Waals surface area contributed by atoms with Crippen molar-refractivity contribution in [2.75, 3.05) is 13.1 Å². The normalized spacial score (nSPS) is 20.0. The maximum absolute atomic E-state index is 5.35. The van der Waals surface area contributed by atoms with Crippen LogP contribution in [0.4, 0.5) is 0 Å². The van der Waals surface area contributed by atoms with Gasteiger partial charge in [-0.25, -0.2) is 0 Å². The van der Waals surface area contributed by atoms with Gasteiger partial charge in [-0.3, -0.25) is 9.98 Å². The first-order valence-electron chi connectivity index (χ1n) is 7.07. The molecule has 2 heterocycles. The minimum Gasteiger partial charge on any atom is -0.370 e. The summed E-state index contributed by atoms with van der Waals surface area (Å²) in [5.74, 6) is 0.167. The van der Waals surface area contributed by atoms with Crippen LogP contribution in [0.15, 0.2) is 45.7 Å². The van der Waals surface area contributed by atoms with Crippen molar-refractivity contribution >= 4 is 28.6 Å². The second kappa shape index (κ2) is 6.22. The Balaban J connectivity index is 1.66. The van der Waals surface area contributed by atoms with Gasteiger partial charge in [-0.15, -0.1) is 0 Å². The van der Waals surface area contributed by atoms with Crippen LogP contribution in [0.3, 0.4) is 0 Å². The third kappa shape index (κ3) is 3.05. The molecule has 21 heavy (non-hydrogen) atoms. The van der Waals surface area contributed by atoms with E-state index in [2.05, 4.69) is 44.6 Å². The fraction of sp³-hybridized carbons (Fsp3) is 0.333. The van der Waals surface area contributed by atoms with E-state index in [9.17, 15) is 0 Å². The summed E-state index contributed by atoms with van der Waals surface area (Å²) >= 11 is 1.71. The smallest absolute Gasteiger partial charge is 0.185 e. The molecule has 2 aliphatic rings. The van der Waals surface area contributed by atoms with Gasteiger partial charge in [-0.1, -0.05) is 42.1 Å². The summed E-state index contributed by atoms with van der Waals surface area (Å²) in [4.78, 5) is 11.0. The summed E-state index contributed by atoms with van der Waals surface area (Å²) < 4.78 is 0. The predicted octanol–water partition coefficient (Wildman–Crippen LogP) is 1.83. The number of nitrogens with two attached hydrogens (primary N) is 2. The first-order chi connectivity index (χ1) is 10.3. The lowest BCUT2D eigenvalue weighted by Gasteiger charge is -2.25. The molecule has 0 amide bonds. The number of hydrogen-bond donors (Lipinski definition) is 2. The molecule has 6 heteroatoms. The van der Waals surface area contributed by atoms with E-state index in [-0.39, 0.29) is 5.96 Å². The van der Waals surface area contributed by atoms with Crippen molar-refractivity contribution in [2.24, 2.45) is 21.5 Å². The Morgan fingerprint density at radius 1 is 1.33 bits per heavy atom. The molecule has 0 fully saturated rings. The average molecular weight is 301 g/mol. The summed E-state index contributed by atoms with van der Waals surface area (Å²) in [7, 11) is 0. The van der Waals surface area contributed by atoms with Gasteiger partial charge >= 0.3 is 0 Å². The fourth-order valence-corrected chi connectivity index (χ4v) is 3.60. The first kappa shape index (κ1) is 14.0. The zero-order valence-electron chi connectivity index (χ0n) is 11.8. The summed E-state index contributed by atoms with van der Waals surface area (Å²) in [6.45, 7) is 1.54. The van der Waals surface area contributed by atoms with Crippen molar-refractivity contribution in [3.05, 3.63) is 41.3 Å². The SMILES string of the molecule is NC(N)=NCCC[C@@H]1CN=C2SC=C(c3ccccc3)N21. The molecular weight excluding hydrogens is 282 g/mol. The quantitative estimate of drug-likeness (QED) is 0.494. The van der Waals surface area contributed by atoms with E-state index in [1.165, 1.54) is 11.3 Å². The van der Waals surface area contributed by atoms with Gasteiger partial charge in [0, 0.05) is 12.0 Å². The number of guanidine groups is 1. The molecule has 5 nitrogen and oxygen atoms in total. The third-order valence-electron chi connectivity index (χ3n) is 3.60. The lowest BCUT2D eigenvalue weighted by molar-refractivity contribution is 0.428. The van der Waals surface area contributed by atoms with Gasteiger partial charge in [0.25, 0.3) is 0 Å². The molecular formula is C15H19N5S. The minimum absolute atomic E-state index is 0.167. The topological polar surface area (TPSA) is 80.0 Å². The summed E-state index contributed by atoms with van der Waals surface area (Å²) in [6, 6.07) is 10.9. The highest BCUT2D eigenvalue weighted by atomic mass is 32.2. The predicted molar refractivity (Wildman–Crippen MR) is 89.8 cm³/mol. The van der Waals surface area contributed by atoms with Crippen LogP contribution in [0.2, 0.25) is 0 Å². The molecule has 0 aromatic heterocycles. The molecule has 0 unspecified atom stereocenters. The molecule has 3 rings (SSSR count). The Bertz CT molecular complexity index is 589. The molecule has 0 bridgehead atoms. The van der Waals surface area contributed by atoms with Crippen molar-refractivity contribution in [1.82, 2.24) is 4.90 Å². The van der Waals surface area contributed by atoms with Gasteiger partial charge in [-0.05, 0) is 18.4 Å². The molecule has 1 aromatic carbocycles. The minimum atomic E-state index is 0.167. The van der Waals surface area contributed by atoms with Crippen LogP contribution < -0.4 is 11.5 Å². The Morgan fingerprint density at radius 2 is 2.14 bits per heavy atom. The summed E-state index contributed by atoms with van der Waals surface area (Å²) in [6.07, 6.45) is 2.00. The zero-order valence-corrected chi connectivity index (χ0v) is 12.6. The van der Waals surface area contributed by atoms with Crippen LogP contribution in [0.25, 0.3) is 5.70 Å². The molecule has 0 saturated heterocycles. The highest BCUT2D eigenvalue weighted by molar-refractivity contribution is 8.16. The maximum atomic E-state index is 5.35. The number of amidine groups is 1. The van der Waals surface area contributed by atoms with Gasteiger partial charge in [0.15, 0.2) is 11.1 Å². The summed E-state index contributed by atoms with van der Waals surface area (Å²) in [5.41, 5.74) is 13.2. The molecule has 4 N–H and O–H groups in total. The third-order valence-corrected chi connectivity index (χ3v) is 4.48. The monoisotopic (exact) mass is 301 g/mol. The molecule has 110 valence electrons. The summed E-state index contributed by atoms with van der Waals surface area (Å²) in [5, 5.41) is 3.30. The van der Waals surface area contributed by atoms with Gasteiger partial charge in [0.1, 0.15) is 0 Å². The molecule has 1 atom stereocenters. The highest BCUT2D eigenvalue weighted by Gasteiger charge is 2.34. The molecule has 2 aliphatic heterocycles. The average Bonchev–Trinajstić information content (AvgIpc) is 3.06. The molecule has 0 aliphatic carbocycles. The van der Waals surface area contributed by atoms with Crippen LogP contribution in [0.1, 0.15) is 18.4 Å². The van der Waals surface area contributed by atoms with Crippen LogP contribution in [-0.2, 0) is 0 Å². The Kier molecular flexibility index (Phi) is 4.15. The molecule has 1 aromatic rings. The van der Waals surface area contributed by atoms with Crippen LogP contribution in [-0.4, -0.2) is 35.2 Å². The second-order valence-corrected chi connectivity index (χ2v) is 5.92. The molecule has 0 saturated carbocycles. The van der Waals surface area contributed by atoms with E-state index in [1.807, 2.05) is 6.07 Å². The van der Waals surface area contributed by atoms with Crippen LogP contribution in [0.5, 0.6) is 0 Å². The van der Waals surface area contributed by atoms with E-state index in [0.29, 0.717) is 12.6 Å². The zero-order chi connectivity index (χ0) is 14.7. The van der Waals surface area contributed by atoms with Crippen molar-refractivity contribution < 1.29 is 0 Å². The number of thioether (sulfide) groups is 1. The molecule has 0 spiro atoms. The van der Waals surface area contributed by atoms with E-state index >= 15 is 0 Å². The first-order valence-corrected chi connectivity index (χ1v) is 7.95. The maximum Gasteiger partial charge on any atom is 0.185 e. The number of rotatable bonds is 5.